The molecule has 0 bridgehead atoms. The van der Waals surface area contributed by atoms with E-state index in [-0.39, 0.29) is 64.4 Å². The lowest BCUT2D eigenvalue weighted by Crippen LogP contribution is -2.49. The number of esters is 2. The Morgan fingerprint density at radius 2 is 1.77 bits per heavy atom. The van der Waals surface area contributed by atoms with Gasteiger partial charge in [0.05, 0.1) is 17.7 Å². The van der Waals surface area contributed by atoms with E-state index in [2.05, 4.69) is 0 Å². The van der Waals surface area contributed by atoms with Crippen molar-refractivity contribution in [3.05, 3.63) is 45.8 Å². The summed E-state index contributed by atoms with van der Waals surface area (Å²) < 4.78 is 16.0. The van der Waals surface area contributed by atoms with E-state index in [1.165, 1.54) is 12.1 Å². The molecule has 0 aliphatic carbocycles. The molecule has 2 N–H and O–H groups in total. The number of hydrogen-bond donors (Lipinski definition) is 1. The van der Waals surface area contributed by atoms with Gasteiger partial charge in [0.1, 0.15) is 28.3 Å². The van der Waals surface area contributed by atoms with E-state index in [1.807, 2.05) is 24.8 Å². The van der Waals surface area contributed by atoms with Crippen molar-refractivity contribution in [3.63, 3.8) is 0 Å². The minimum absolute atomic E-state index is 0.0612. The lowest BCUT2D eigenvalue weighted by Gasteiger charge is -2.38. The number of nitriles is 1. The number of ether oxygens (including phenoxy) is 3. The largest absolute Gasteiger partial charge is 0.484 e. The number of likely N-dealkylation sites (tertiary alicyclic amines) is 1. The predicted molar refractivity (Wildman–Crippen MR) is 130 cm³/mol. The summed E-state index contributed by atoms with van der Waals surface area (Å²) >= 11 is 0.923. The molecule has 35 heavy (non-hydrogen) atoms. The van der Waals surface area contributed by atoms with Gasteiger partial charge >= 0.3 is 11.9 Å². The molecular formula is C25H29N3O6S. The average molecular weight is 500 g/mol. The summed E-state index contributed by atoms with van der Waals surface area (Å²) in [6, 6.07) is 8.54. The summed E-state index contributed by atoms with van der Waals surface area (Å²) in [4.78, 5) is 39.4. The van der Waals surface area contributed by atoms with Crippen molar-refractivity contribution >= 4 is 34.2 Å². The summed E-state index contributed by atoms with van der Waals surface area (Å²) in [5, 5.41) is 9.54. The van der Waals surface area contributed by atoms with Crippen molar-refractivity contribution < 1.29 is 28.6 Å². The highest BCUT2D eigenvalue weighted by Gasteiger charge is 2.29. The highest BCUT2D eigenvalue weighted by molar-refractivity contribution is 7.18. The molecule has 1 saturated heterocycles. The van der Waals surface area contributed by atoms with Crippen LogP contribution >= 0.6 is 11.3 Å². The van der Waals surface area contributed by atoms with Gasteiger partial charge in [-0.3, -0.25) is 4.79 Å². The summed E-state index contributed by atoms with van der Waals surface area (Å²) in [6.07, 6.45) is 3.09. The third-order valence-corrected chi connectivity index (χ3v) is 6.93. The molecule has 1 amide bonds. The van der Waals surface area contributed by atoms with Crippen LogP contribution in [0.25, 0.3) is 0 Å². The molecule has 1 aromatic carbocycles. The molecule has 0 spiro atoms. The van der Waals surface area contributed by atoms with Gasteiger partial charge in [0.2, 0.25) is 0 Å². The van der Waals surface area contributed by atoms with Gasteiger partial charge in [-0.25, -0.2) is 9.59 Å². The Kier molecular flexibility index (Phi) is 8.71. The number of carbonyl (C=O) groups excluding carboxylic acids is 3. The van der Waals surface area contributed by atoms with E-state index in [0.717, 1.165) is 30.6 Å². The second-order valence-electron chi connectivity index (χ2n) is 8.30. The topological polar surface area (TPSA) is 132 Å². The van der Waals surface area contributed by atoms with Crippen LogP contribution in [0.1, 0.15) is 71.2 Å². The number of nitrogen functional groups attached to an aromatic ring is 1. The zero-order valence-corrected chi connectivity index (χ0v) is 20.9. The predicted octanol–water partition coefficient (Wildman–Crippen LogP) is 3.90. The number of anilines is 1. The third-order valence-electron chi connectivity index (χ3n) is 5.89. The average Bonchev–Trinajstić information content (AvgIpc) is 3.16. The number of hydrogen-bond acceptors (Lipinski definition) is 9. The molecule has 2 unspecified atom stereocenters. The summed E-state index contributed by atoms with van der Waals surface area (Å²) in [5.41, 5.74) is 6.41. The van der Waals surface area contributed by atoms with Crippen molar-refractivity contribution in [2.45, 2.75) is 58.7 Å². The molecule has 1 aliphatic heterocycles. The first-order valence-corrected chi connectivity index (χ1v) is 12.3. The number of carbonyl (C=O) groups is 3. The maximum atomic E-state index is 12.6. The first-order valence-electron chi connectivity index (χ1n) is 11.5. The molecule has 1 aliphatic rings. The Morgan fingerprint density at radius 1 is 1.11 bits per heavy atom. The molecule has 186 valence electrons. The Bertz CT molecular complexity index is 1110. The van der Waals surface area contributed by atoms with Gasteiger partial charge in [0.15, 0.2) is 6.61 Å². The van der Waals surface area contributed by atoms with E-state index < -0.39 is 11.9 Å². The van der Waals surface area contributed by atoms with Crippen molar-refractivity contribution in [3.8, 4) is 11.8 Å². The van der Waals surface area contributed by atoms with Crippen LogP contribution in [0.5, 0.6) is 5.75 Å². The quantitative estimate of drug-likeness (QED) is 0.541. The van der Waals surface area contributed by atoms with E-state index in [1.54, 1.807) is 19.1 Å². The Labute approximate surface area is 208 Å². The van der Waals surface area contributed by atoms with Crippen molar-refractivity contribution in [2.24, 2.45) is 0 Å². The second kappa shape index (κ2) is 11.7. The van der Waals surface area contributed by atoms with Gasteiger partial charge in [0.25, 0.3) is 5.91 Å². The van der Waals surface area contributed by atoms with Gasteiger partial charge in [-0.1, -0.05) is 0 Å². The van der Waals surface area contributed by atoms with Crippen LogP contribution in [0.4, 0.5) is 5.00 Å². The van der Waals surface area contributed by atoms with Crippen molar-refractivity contribution in [1.29, 1.82) is 5.26 Å². The molecule has 0 radical (unpaired) electrons. The van der Waals surface area contributed by atoms with Gasteiger partial charge in [-0.2, -0.15) is 5.26 Å². The minimum atomic E-state index is -0.646. The van der Waals surface area contributed by atoms with Crippen LogP contribution in [0.3, 0.4) is 0 Å². The smallest absolute Gasteiger partial charge is 0.348 e. The molecule has 1 fully saturated rings. The zero-order valence-electron chi connectivity index (χ0n) is 20.0. The first-order chi connectivity index (χ1) is 16.8. The van der Waals surface area contributed by atoms with Gasteiger partial charge in [-0.05, 0) is 64.3 Å². The number of thiophene rings is 1. The number of amides is 1. The summed E-state index contributed by atoms with van der Waals surface area (Å²) in [7, 11) is 0. The lowest BCUT2D eigenvalue weighted by atomic mass is 9.97. The molecule has 2 heterocycles. The van der Waals surface area contributed by atoms with Crippen molar-refractivity contribution in [1.82, 2.24) is 4.90 Å². The van der Waals surface area contributed by atoms with Crippen LogP contribution < -0.4 is 10.5 Å². The van der Waals surface area contributed by atoms with Gasteiger partial charge in [-0.15, -0.1) is 11.3 Å². The summed E-state index contributed by atoms with van der Waals surface area (Å²) in [6.45, 7) is 5.54. The molecule has 3 rings (SSSR count). The molecule has 9 nitrogen and oxygen atoms in total. The fraction of sp³-hybridized carbons (Fsp3) is 0.440. The van der Waals surface area contributed by atoms with Crippen LogP contribution in [-0.2, 0) is 20.9 Å². The molecule has 1 aromatic heterocycles. The molecule has 2 aromatic rings. The highest BCUT2D eigenvalue weighted by atomic mass is 32.1. The SMILES string of the molecule is CCOC(=O)c1sc(N)c(C#N)c1COC(=O)c1ccc(OCC(=O)N2C(C)CCCC2C)cc1. The van der Waals surface area contributed by atoms with E-state index in [9.17, 15) is 19.6 Å². The van der Waals surface area contributed by atoms with Crippen LogP contribution in [-0.4, -0.2) is 48.0 Å². The standard InChI is InChI=1S/C25H29N3O6S/c1-4-32-25(31)22-20(19(12-26)23(27)35-22)13-34-24(30)17-8-10-18(11-9-17)33-14-21(29)28-15(2)6-5-7-16(28)3/h8-11,15-16H,4-7,13-14,27H2,1-3H3. The van der Waals surface area contributed by atoms with Crippen LogP contribution in [0, 0.1) is 11.3 Å². The van der Waals surface area contributed by atoms with Crippen LogP contribution in [0.15, 0.2) is 24.3 Å². The normalized spacial score (nSPS) is 17.4. The monoisotopic (exact) mass is 499 g/mol. The number of piperidine rings is 1. The number of nitrogens with two attached hydrogens (primary N) is 1. The molecule has 10 heteroatoms. The Hall–Kier alpha value is -3.58. The highest BCUT2D eigenvalue weighted by Crippen LogP contribution is 2.32. The Morgan fingerprint density at radius 3 is 2.37 bits per heavy atom. The number of rotatable bonds is 8. The van der Waals surface area contributed by atoms with Crippen LogP contribution in [0.2, 0.25) is 0 Å². The fourth-order valence-corrected chi connectivity index (χ4v) is 5.06. The molecule has 2 atom stereocenters. The van der Waals surface area contributed by atoms with E-state index >= 15 is 0 Å². The second-order valence-corrected chi connectivity index (χ2v) is 9.35. The number of nitrogens with zero attached hydrogens (tertiary/aromatic N) is 2. The molecular weight excluding hydrogens is 470 g/mol. The molecule has 0 saturated carbocycles. The maximum absolute atomic E-state index is 12.6. The van der Waals surface area contributed by atoms with Crippen molar-refractivity contribution in [2.75, 3.05) is 18.9 Å². The zero-order chi connectivity index (χ0) is 25.5. The third kappa shape index (κ3) is 6.11. The van der Waals surface area contributed by atoms with Gasteiger partial charge < -0.3 is 24.8 Å². The maximum Gasteiger partial charge on any atom is 0.348 e. The lowest BCUT2D eigenvalue weighted by molar-refractivity contribution is -0.139. The first kappa shape index (κ1) is 26.0. The summed E-state index contributed by atoms with van der Waals surface area (Å²) in [5.74, 6) is -0.878. The fourth-order valence-electron chi connectivity index (χ4n) is 4.15. The number of benzene rings is 1. The van der Waals surface area contributed by atoms with E-state index in [4.69, 9.17) is 19.9 Å². The minimum Gasteiger partial charge on any atom is -0.484 e. The van der Waals surface area contributed by atoms with Gasteiger partial charge in [0, 0.05) is 17.6 Å². The van der Waals surface area contributed by atoms with E-state index in [0.29, 0.717) is 5.75 Å². The Balaban J connectivity index is 1.60.